The van der Waals surface area contributed by atoms with E-state index in [1.54, 1.807) is 0 Å². The van der Waals surface area contributed by atoms with E-state index in [4.69, 9.17) is 4.74 Å². The zero-order valence-electron chi connectivity index (χ0n) is 17.2. The number of carbonyl (C=O) groups excluding carboxylic acids is 1. The number of aromatic nitrogens is 2. The van der Waals surface area contributed by atoms with Gasteiger partial charge >= 0.3 is 6.03 Å². The van der Waals surface area contributed by atoms with Crippen LogP contribution in [0.2, 0.25) is 0 Å². The van der Waals surface area contributed by atoms with Crippen LogP contribution < -0.4 is 14.8 Å². The smallest absolute Gasteiger partial charge is 0.333 e. The number of carbonyl (C=O) groups is 1. The first-order chi connectivity index (χ1) is 14.2. The molecule has 0 atom stereocenters. The van der Waals surface area contributed by atoms with Crippen molar-refractivity contribution in [3.05, 3.63) is 34.5 Å². The van der Waals surface area contributed by atoms with E-state index in [1.165, 1.54) is 22.0 Å². The second kappa shape index (κ2) is 6.73. The van der Waals surface area contributed by atoms with E-state index in [2.05, 4.69) is 21.2 Å². The van der Waals surface area contributed by atoms with E-state index in [0.717, 1.165) is 55.3 Å². The maximum absolute atomic E-state index is 12.9. The number of anilines is 1. The molecule has 5 rings (SSSR count). The van der Waals surface area contributed by atoms with Crippen LogP contribution in [0.5, 0.6) is 5.88 Å². The summed E-state index contributed by atoms with van der Waals surface area (Å²) in [6, 6.07) is 1.52. The van der Waals surface area contributed by atoms with Crippen molar-refractivity contribution in [2.45, 2.75) is 63.8 Å². The number of aryl methyl sites for hydroxylation is 2. The van der Waals surface area contributed by atoms with Crippen LogP contribution in [-0.4, -0.2) is 30.8 Å². The lowest BCUT2D eigenvalue weighted by Gasteiger charge is -2.30. The van der Waals surface area contributed by atoms with Gasteiger partial charge in [-0.2, -0.15) is 5.10 Å². The molecule has 0 unspecified atom stereocenters. The van der Waals surface area contributed by atoms with Crippen LogP contribution in [0, 0.1) is 5.41 Å². The Morgan fingerprint density at radius 2 is 1.80 bits per heavy atom. The molecule has 1 aromatic heterocycles. The first kappa shape index (κ1) is 19.4. The van der Waals surface area contributed by atoms with E-state index in [-0.39, 0.29) is 16.2 Å². The molecule has 30 heavy (non-hydrogen) atoms. The molecule has 2 aromatic rings. The number of hydrogen-bond donors (Lipinski definition) is 2. The van der Waals surface area contributed by atoms with Crippen LogP contribution in [0.3, 0.4) is 0 Å². The fraction of sp³-hybridized carbons (Fsp3) is 0.524. The minimum absolute atomic E-state index is 0.114. The molecule has 0 saturated heterocycles. The van der Waals surface area contributed by atoms with Gasteiger partial charge in [0.2, 0.25) is 5.88 Å². The van der Waals surface area contributed by atoms with Crippen molar-refractivity contribution >= 4 is 21.7 Å². The molecule has 1 aromatic carbocycles. The molecular formula is C21H26N4O4S. The molecule has 0 saturated carbocycles. The highest BCUT2D eigenvalue weighted by atomic mass is 32.2. The average molecular weight is 431 g/mol. The minimum atomic E-state index is -4.11. The van der Waals surface area contributed by atoms with Crippen LogP contribution in [-0.2, 0) is 42.3 Å². The number of nitrogens with zero attached hydrogens (tertiary/aromatic N) is 2. The molecule has 160 valence electrons. The predicted octanol–water partition coefficient (Wildman–Crippen LogP) is 2.79. The molecule has 2 heterocycles. The van der Waals surface area contributed by atoms with Crippen molar-refractivity contribution < 1.29 is 17.9 Å². The molecular weight excluding hydrogens is 404 g/mol. The second-order valence-electron chi connectivity index (χ2n) is 9.22. The summed E-state index contributed by atoms with van der Waals surface area (Å²) >= 11 is 0. The summed E-state index contributed by atoms with van der Waals surface area (Å²) in [6.07, 6.45) is 7.19. The largest absolute Gasteiger partial charge is 0.476 e. The summed E-state index contributed by atoms with van der Waals surface area (Å²) in [7, 11) is -4.11. The highest BCUT2D eigenvalue weighted by molar-refractivity contribution is 7.90. The quantitative estimate of drug-likeness (QED) is 0.780. The summed E-state index contributed by atoms with van der Waals surface area (Å²) in [5.41, 5.74) is 5.51. The molecule has 1 aliphatic heterocycles. The van der Waals surface area contributed by atoms with Gasteiger partial charge in [-0.05, 0) is 60.8 Å². The third-order valence-electron chi connectivity index (χ3n) is 6.17. The number of sulfonamides is 1. The van der Waals surface area contributed by atoms with Gasteiger partial charge in [-0.15, -0.1) is 0 Å². The number of benzene rings is 1. The standard InChI is InChI=1S/C21H26N4O4S/c1-21(2)11-25-19(29-12-21)17(10-22-25)30(27,28)24-20(26)23-18-15-7-3-5-13(15)9-14-6-4-8-16(14)18/h9-10H,3-8,11-12H2,1-2H3,(H2,23,24,26). The first-order valence-electron chi connectivity index (χ1n) is 10.4. The summed E-state index contributed by atoms with van der Waals surface area (Å²) in [5, 5.41) is 7.00. The molecule has 0 radical (unpaired) electrons. The minimum Gasteiger partial charge on any atom is -0.476 e. The number of rotatable bonds is 3. The fourth-order valence-electron chi connectivity index (χ4n) is 4.80. The van der Waals surface area contributed by atoms with Gasteiger partial charge in [0.15, 0.2) is 4.90 Å². The molecule has 0 spiro atoms. The molecule has 2 aliphatic carbocycles. The number of nitrogens with one attached hydrogen (secondary N) is 2. The highest BCUT2D eigenvalue weighted by Crippen LogP contribution is 2.39. The molecule has 2 amide bonds. The maximum Gasteiger partial charge on any atom is 0.333 e. The molecule has 3 aliphatic rings. The molecule has 9 heteroatoms. The number of urea groups is 1. The van der Waals surface area contributed by atoms with Gasteiger partial charge in [-0.3, -0.25) is 0 Å². The highest BCUT2D eigenvalue weighted by Gasteiger charge is 2.34. The van der Waals surface area contributed by atoms with Gasteiger partial charge in [-0.1, -0.05) is 19.9 Å². The summed E-state index contributed by atoms with van der Waals surface area (Å²) in [5.74, 6) is 0.177. The molecule has 0 fully saturated rings. The van der Waals surface area contributed by atoms with E-state index in [9.17, 15) is 13.2 Å². The summed E-state index contributed by atoms with van der Waals surface area (Å²) < 4.78 is 35.1. The maximum atomic E-state index is 12.9. The molecule has 8 nitrogen and oxygen atoms in total. The van der Waals surface area contributed by atoms with Crippen LogP contribution in [0.15, 0.2) is 17.2 Å². The second-order valence-corrected chi connectivity index (χ2v) is 10.9. The number of amides is 2. The van der Waals surface area contributed by atoms with E-state index < -0.39 is 16.1 Å². The molecule has 2 N–H and O–H groups in total. The average Bonchev–Trinajstić information content (AvgIpc) is 3.38. The summed E-state index contributed by atoms with van der Waals surface area (Å²) in [4.78, 5) is 12.6. The lowest BCUT2D eigenvalue weighted by molar-refractivity contribution is 0.0970. The Kier molecular flexibility index (Phi) is 4.36. The van der Waals surface area contributed by atoms with Crippen molar-refractivity contribution in [1.29, 1.82) is 0 Å². The van der Waals surface area contributed by atoms with Gasteiger partial charge in [-0.25, -0.2) is 22.6 Å². The van der Waals surface area contributed by atoms with Gasteiger partial charge in [0, 0.05) is 11.1 Å². The van der Waals surface area contributed by atoms with Crippen molar-refractivity contribution in [3.8, 4) is 5.88 Å². The number of hydrogen-bond acceptors (Lipinski definition) is 5. The third-order valence-corrected chi connectivity index (χ3v) is 7.48. The Balaban J connectivity index is 1.39. The fourth-order valence-corrected chi connectivity index (χ4v) is 5.78. The van der Waals surface area contributed by atoms with E-state index >= 15 is 0 Å². The topological polar surface area (TPSA) is 102 Å². The zero-order valence-corrected chi connectivity index (χ0v) is 18.1. The Morgan fingerprint density at radius 3 is 2.47 bits per heavy atom. The predicted molar refractivity (Wildman–Crippen MR) is 111 cm³/mol. The number of fused-ring (bicyclic) bond motifs is 3. The third kappa shape index (κ3) is 3.25. The lowest BCUT2D eigenvalue weighted by atomic mass is 9.94. The van der Waals surface area contributed by atoms with Crippen LogP contribution in [0.1, 0.15) is 48.9 Å². The van der Waals surface area contributed by atoms with Gasteiger partial charge in [0.25, 0.3) is 10.0 Å². The lowest BCUT2D eigenvalue weighted by Crippen LogP contribution is -2.36. The SMILES string of the molecule is CC1(C)COc2c(S(=O)(=O)NC(=O)Nc3c4c(cc5c3CCC5)CCC4)cnn2C1. The Labute approximate surface area is 176 Å². The van der Waals surface area contributed by atoms with Crippen molar-refractivity contribution in [2.75, 3.05) is 11.9 Å². The van der Waals surface area contributed by atoms with Crippen molar-refractivity contribution in [1.82, 2.24) is 14.5 Å². The Hall–Kier alpha value is -2.55. The normalized spacial score (nSPS) is 18.9. The van der Waals surface area contributed by atoms with Crippen molar-refractivity contribution in [2.24, 2.45) is 5.41 Å². The molecule has 0 bridgehead atoms. The van der Waals surface area contributed by atoms with Crippen molar-refractivity contribution in [3.63, 3.8) is 0 Å². The van der Waals surface area contributed by atoms with E-state index in [1.807, 2.05) is 13.8 Å². The van der Waals surface area contributed by atoms with Crippen LogP contribution >= 0.6 is 0 Å². The van der Waals surface area contributed by atoms with Gasteiger partial charge in [0.1, 0.15) is 0 Å². The van der Waals surface area contributed by atoms with Crippen LogP contribution in [0.25, 0.3) is 0 Å². The van der Waals surface area contributed by atoms with Gasteiger partial charge < -0.3 is 10.1 Å². The summed E-state index contributed by atoms with van der Waals surface area (Å²) in [6.45, 7) is 4.98. The van der Waals surface area contributed by atoms with Crippen LogP contribution in [0.4, 0.5) is 10.5 Å². The number of ether oxygens (including phenoxy) is 1. The Morgan fingerprint density at radius 1 is 1.13 bits per heavy atom. The Bertz CT molecular complexity index is 1120. The van der Waals surface area contributed by atoms with E-state index in [0.29, 0.717) is 13.2 Å². The first-order valence-corrected chi connectivity index (χ1v) is 11.9. The zero-order chi connectivity index (χ0) is 21.1. The van der Waals surface area contributed by atoms with Gasteiger partial charge in [0.05, 0.1) is 19.3 Å². The monoisotopic (exact) mass is 430 g/mol.